The van der Waals surface area contributed by atoms with Crippen molar-refractivity contribution in [2.75, 3.05) is 7.11 Å². The number of benzene rings is 1. The molecule has 26 heavy (non-hydrogen) atoms. The minimum Gasteiger partial charge on any atom is -0.493 e. The number of aliphatic carboxylic acids is 1. The van der Waals surface area contributed by atoms with Gasteiger partial charge in [0, 0.05) is 17.4 Å². The molecule has 3 rings (SSSR count). The molecular formula is C17H17F5O4. The Hall–Kier alpha value is -1.90. The van der Waals surface area contributed by atoms with Gasteiger partial charge in [0.2, 0.25) is 5.82 Å². The van der Waals surface area contributed by atoms with Crippen LogP contribution in [-0.2, 0) is 9.53 Å². The van der Waals surface area contributed by atoms with Crippen LogP contribution < -0.4 is 4.74 Å². The third kappa shape index (κ3) is 2.72. The molecule has 0 amide bonds. The van der Waals surface area contributed by atoms with Gasteiger partial charge in [-0.15, -0.1) is 0 Å². The zero-order valence-electron chi connectivity index (χ0n) is 13.9. The van der Waals surface area contributed by atoms with E-state index in [1.807, 2.05) is 0 Å². The molecule has 4 nitrogen and oxygen atoms in total. The highest BCUT2D eigenvalue weighted by molar-refractivity contribution is 5.75. The second kappa shape index (κ2) is 6.07. The largest absolute Gasteiger partial charge is 0.493 e. The van der Waals surface area contributed by atoms with E-state index in [2.05, 4.69) is 0 Å². The molecule has 1 aromatic rings. The Labute approximate surface area is 145 Å². The minimum absolute atomic E-state index is 0.135. The first-order valence-electron chi connectivity index (χ1n) is 8.02. The molecule has 1 saturated heterocycles. The summed E-state index contributed by atoms with van der Waals surface area (Å²) < 4.78 is 78.8. The molecule has 9 heteroatoms. The maximum atomic E-state index is 14.1. The van der Waals surface area contributed by atoms with E-state index in [4.69, 9.17) is 9.47 Å². The SMILES string of the molecule is COc1c([C@H]2[C@H](C(=O)O)O[C@@](C)(C(F)(F)F)[C@H]2C2CC2)ccc(F)c1F. The predicted molar refractivity (Wildman–Crippen MR) is 78.8 cm³/mol. The highest BCUT2D eigenvalue weighted by Crippen LogP contribution is 2.61. The van der Waals surface area contributed by atoms with E-state index < -0.39 is 59.0 Å². The van der Waals surface area contributed by atoms with Crippen LogP contribution in [0.1, 0.15) is 31.2 Å². The molecule has 0 bridgehead atoms. The van der Waals surface area contributed by atoms with Gasteiger partial charge in [0.25, 0.3) is 0 Å². The molecule has 0 radical (unpaired) electrons. The van der Waals surface area contributed by atoms with Crippen molar-refractivity contribution in [1.82, 2.24) is 0 Å². The Morgan fingerprint density at radius 3 is 2.38 bits per heavy atom. The zero-order valence-corrected chi connectivity index (χ0v) is 13.9. The van der Waals surface area contributed by atoms with E-state index in [0.717, 1.165) is 26.2 Å². The maximum Gasteiger partial charge on any atom is 0.417 e. The molecule has 4 atom stereocenters. The molecule has 1 aromatic carbocycles. The number of carboxylic acid groups (broad SMARTS) is 1. The summed E-state index contributed by atoms with van der Waals surface area (Å²) in [4.78, 5) is 11.6. The van der Waals surface area contributed by atoms with Crippen molar-refractivity contribution in [3.8, 4) is 5.75 Å². The summed E-state index contributed by atoms with van der Waals surface area (Å²) in [6, 6.07) is 1.82. The summed E-state index contributed by atoms with van der Waals surface area (Å²) in [5.41, 5.74) is -2.85. The van der Waals surface area contributed by atoms with Crippen LogP contribution >= 0.6 is 0 Å². The van der Waals surface area contributed by atoms with Crippen LogP contribution in [0.5, 0.6) is 5.75 Å². The van der Waals surface area contributed by atoms with Crippen molar-refractivity contribution < 1.29 is 41.3 Å². The Kier molecular flexibility index (Phi) is 4.41. The average Bonchev–Trinajstić information content (AvgIpc) is 3.31. The molecule has 1 N–H and O–H groups in total. The minimum atomic E-state index is -4.82. The van der Waals surface area contributed by atoms with Gasteiger partial charge < -0.3 is 14.6 Å². The van der Waals surface area contributed by atoms with Gasteiger partial charge in [0.1, 0.15) is 0 Å². The van der Waals surface area contributed by atoms with Gasteiger partial charge in [0.15, 0.2) is 23.3 Å². The second-order valence-electron chi connectivity index (χ2n) is 6.85. The number of carboxylic acids is 1. The van der Waals surface area contributed by atoms with Crippen LogP contribution in [0, 0.1) is 23.5 Å². The Balaban J connectivity index is 2.20. The van der Waals surface area contributed by atoms with E-state index in [0.29, 0.717) is 12.8 Å². The van der Waals surface area contributed by atoms with E-state index >= 15 is 0 Å². The van der Waals surface area contributed by atoms with Crippen molar-refractivity contribution in [3.05, 3.63) is 29.3 Å². The summed E-state index contributed by atoms with van der Waals surface area (Å²) in [5, 5.41) is 9.45. The molecule has 1 heterocycles. The third-order valence-corrected chi connectivity index (χ3v) is 5.30. The number of carbonyl (C=O) groups is 1. The van der Waals surface area contributed by atoms with Crippen molar-refractivity contribution >= 4 is 5.97 Å². The lowest BCUT2D eigenvalue weighted by atomic mass is 9.73. The van der Waals surface area contributed by atoms with Crippen molar-refractivity contribution in [2.24, 2.45) is 11.8 Å². The first-order chi connectivity index (χ1) is 12.0. The Morgan fingerprint density at radius 1 is 1.31 bits per heavy atom. The van der Waals surface area contributed by atoms with Gasteiger partial charge in [-0.2, -0.15) is 17.6 Å². The van der Waals surface area contributed by atoms with Crippen molar-refractivity contribution in [1.29, 1.82) is 0 Å². The van der Waals surface area contributed by atoms with Crippen molar-refractivity contribution in [3.63, 3.8) is 0 Å². The smallest absolute Gasteiger partial charge is 0.417 e. The standard InChI is InChI=1S/C17H17F5O4/c1-16(17(20,21)22)11(7-3-4-7)10(14(26-16)15(23)24)8-5-6-9(18)12(19)13(8)25-2/h5-7,10-11,14H,3-4H2,1-2H3,(H,23,24)/t10-,11+,14-,16-/m1/s1. The van der Waals surface area contributed by atoms with E-state index in [1.165, 1.54) is 0 Å². The summed E-state index contributed by atoms with van der Waals surface area (Å²) in [7, 11) is 1.04. The number of hydrogen-bond acceptors (Lipinski definition) is 3. The maximum absolute atomic E-state index is 14.1. The molecule has 0 aromatic heterocycles. The first kappa shape index (κ1) is 18.9. The van der Waals surface area contributed by atoms with Crippen LogP contribution in [0.25, 0.3) is 0 Å². The number of ether oxygens (including phenoxy) is 2. The predicted octanol–water partition coefficient (Wildman–Crippen LogP) is 3.89. The fraction of sp³-hybridized carbons (Fsp3) is 0.588. The van der Waals surface area contributed by atoms with E-state index in [9.17, 15) is 31.9 Å². The van der Waals surface area contributed by atoms with E-state index in [-0.39, 0.29) is 5.56 Å². The van der Waals surface area contributed by atoms with Gasteiger partial charge in [-0.1, -0.05) is 6.07 Å². The van der Waals surface area contributed by atoms with Crippen molar-refractivity contribution in [2.45, 2.75) is 43.6 Å². The topological polar surface area (TPSA) is 55.8 Å². The number of rotatable bonds is 4. The molecule has 0 spiro atoms. The average molecular weight is 380 g/mol. The summed E-state index contributed by atoms with van der Waals surface area (Å²) >= 11 is 0. The first-order valence-corrected chi connectivity index (χ1v) is 8.02. The van der Waals surface area contributed by atoms with Gasteiger partial charge >= 0.3 is 12.1 Å². The van der Waals surface area contributed by atoms with Gasteiger partial charge in [-0.05, 0) is 31.7 Å². The Morgan fingerprint density at radius 2 is 1.92 bits per heavy atom. The summed E-state index contributed by atoms with van der Waals surface area (Å²) in [6.07, 6.45) is -5.72. The summed E-state index contributed by atoms with van der Waals surface area (Å²) in [5.74, 6) is -7.79. The number of alkyl halides is 3. The van der Waals surface area contributed by atoms with Crippen LogP contribution in [-0.4, -0.2) is 36.1 Å². The zero-order chi connectivity index (χ0) is 19.4. The molecule has 144 valence electrons. The lowest BCUT2D eigenvalue weighted by molar-refractivity contribution is -0.276. The second-order valence-corrected chi connectivity index (χ2v) is 6.85. The van der Waals surface area contributed by atoms with Gasteiger partial charge in [0.05, 0.1) is 7.11 Å². The fourth-order valence-corrected chi connectivity index (χ4v) is 3.98. The molecule has 1 saturated carbocycles. The molecular weight excluding hydrogens is 363 g/mol. The number of hydrogen-bond donors (Lipinski definition) is 1. The lowest BCUT2D eigenvalue weighted by Crippen LogP contribution is -2.48. The fourth-order valence-electron chi connectivity index (χ4n) is 3.98. The van der Waals surface area contributed by atoms with Crippen LogP contribution in [0.15, 0.2) is 12.1 Å². The molecule has 2 fully saturated rings. The number of methoxy groups -OCH3 is 1. The summed E-state index contributed by atoms with van der Waals surface area (Å²) in [6.45, 7) is 0.818. The van der Waals surface area contributed by atoms with E-state index in [1.54, 1.807) is 0 Å². The molecule has 1 aliphatic heterocycles. The monoisotopic (exact) mass is 380 g/mol. The third-order valence-electron chi connectivity index (χ3n) is 5.30. The Bertz CT molecular complexity index is 731. The normalized spacial score (nSPS) is 31.9. The molecule has 1 aliphatic carbocycles. The van der Waals surface area contributed by atoms with Crippen LogP contribution in [0.3, 0.4) is 0 Å². The highest BCUT2D eigenvalue weighted by atomic mass is 19.4. The molecule has 2 aliphatic rings. The number of halogens is 5. The van der Waals surface area contributed by atoms with Gasteiger partial charge in [-0.25, -0.2) is 9.18 Å². The van der Waals surface area contributed by atoms with Crippen LogP contribution in [0.2, 0.25) is 0 Å². The van der Waals surface area contributed by atoms with Crippen LogP contribution in [0.4, 0.5) is 22.0 Å². The highest BCUT2D eigenvalue weighted by Gasteiger charge is 2.70. The van der Waals surface area contributed by atoms with Gasteiger partial charge in [-0.3, -0.25) is 0 Å². The quantitative estimate of drug-likeness (QED) is 0.806. The molecule has 0 unspecified atom stereocenters. The lowest BCUT2D eigenvalue weighted by Gasteiger charge is -2.34.